The van der Waals surface area contributed by atoms with E-state index in [9.17, 15) is 0 Å². The first-order valence-corrected chi connectivity index (χ1v) is 7.70. The van der Waals surface area contributed by atoms with Crippen molar-refractivity contribution in [1.82, 2.24) is 0 Å². The van der Waals surface area contributed by atoms with Crippen LogP contribution in [0, 0.1) is 0 Å². The fraction of sp³-hybridized carbons (Fsp3) is 1.00. The highest BCUT2D eigenvalue weighted by Gasteiger charge is 2.34. The molecule has 1 rings (SSSR count). The largest absolute Gasteiger partial charge is 0.149 e. The standard InChI is InChI=1S/C15H31B/c1-5-10-14(6-2)16(13(3)4)15-11-8-7-9-12-15/h13-15H,5-12H2,1-4H3. The van der Waals surface area contributed by atoms with Crippen LogP contribution in [0.2, 0.25) is 17.5 Å². The van der Waals surface area contributed by atoms with Crippen LogP contribution in [-0.4, -0.2) is 6.71 Å². The molecule has 0 aromatic heterocycles. The topological polar surface area (TPSA) is 0 Å². The second kappa shape index (κ2) is 7.40. The highest BCUT2D eigenvalue weighted by atomic mass is 14.2. The Morgan fingerprint density at radius 2 is 1.69 bits per heavy atom. The molecule has 1 aliphatic carbocycles. The summed E-state index contributed by atoms with van der Waals surface area (Å²) in [6.45, 7) is 10.7. The fourth-order valence-corrected chi connectivity index (χ4v) is 4.03. The highest BCUT2D eigenvalue weighted by Crippen LogP contribution is 2.42. The summed E-state index contributed by atoms with van der Waals surface area (Å²) in [5, 5.41) is 0. The first-order valence-electron chi connectivity index (χ1n) is 7.70. The lowest BCUT2D eigenvalue weighted by Crippen LogP contribution is -2.31. The normalized spacial score (nSPS) is 20.1. The summed E-state index contributed by atoms with van der Waals surface area (Å²) < 4.78 is 0. The minimum Gasteiger partial charge on any atom is -0.0693 e. The Kier molecular flexibility index (Phi) is 6.54. The van der Waals surface area contributed by atoms with Gasteiger partial charge >= 0.3 is 0 Å². The average Bonchev–Trinajstić information content (AvgIpc) is 2.29. The predicted octanol–water partition coefficient (Wildman–Crippen LogP) is 5.81. The molecule has 1 aliphatic rings. The molecule has 1 heteroatoms. The van der Waals surface area contributed by atoms with Crippen LogP contribution in [-0.2, 0) is 0 Å². The van der Waals surface area contributed by atoms with Gasteiger partial charge in [-0.05, 0) is 0 Å². The molecule has 0 aromatic rings. The van der Waals surface area contributed by atoms with Gasteiger partial charge in [0.05, 0.1) is 0 Å². The van der Waals surface area contributed by atoms with Crippen molar-refractivity contribution in [1.29, 1.82) is 0 Å². The van der Waals surface area contributed by atoms with Crippen molar-refractivity contribution in [3.8, 4) is 0 Å². The molecule has 0 heterocycles. The predicted molar refractivity (Wildman–Crippen MR) is 76.6 cm³/mol. The zero-order valence-corrected chi connectivity index (χ0v) is 12.0. The molecule has 1 saturated carbocycles. The van der Waals surface area contributed by atoms with E-state index in [-0.39, 0.29) is 0 Å². The zero-order valence-electron chi connectivity index (χ0n) is 12.0. The summed E-state index contributed by atoms with van der Waals surface area (Å²) in [6, 6.07) is 0. The van der Waals surface area contributed by atoms with Crippen LogP contribution in [0.1, 0.15) is 79.1 Å². The fourth-order valence-electron chi connectivity index (χ4n) is 4.03. The molecule has 0 radical (unpaired) electrons. The van der Waals surface area contributed by atoms with Crippen molar-refractivity contribution in [3.63, 3.8) is 0 Å². The van der Waals surface area contributed by atoms with Gasteiger partial charge in [-0.2, -0.15) is 0 Å². The van der Waals surface area contributed by atoms with Crippen LogP contribution in [0.5, 0.6) is 0 Å². The smallest absolute Gasteiger partial charge is 0.0693 e. The van der Waals surface area contributed by atoms with E-state index in [0.29, 0.717) is 0 Å². The van der Waals surface area contributed by atoms with Crippen LogP contribution < -0.4 is 0 Å². The minimum absolute atomic E-state index is 0.889. The van der Waals surface area contributed by atoms with E-state index in [4.69, 9.17) is 0 Å². The molecule has 1 unspecified atom stereocenters. The van der Waals surface area contributed by atoms with E-state index in [2.05, 4.69) is 27.7 Å². The molecule has 0 aromatic carbocycles. The van der Waals surface area contributed by atoms with Gasteiger partial charge in [-0.25, -0.2) is 0 Å². The summed E-state index contributed by atoms with van der Waals surface area (Å²) in [6.07, 6.45) is 11.7. The lowest BCUT2D eigenvalue weighted by atomic mass is 9.26. The molecule has 0 saturated heterocycles. The van der Waals surface area contributed by atoms with Crippen LogP contribution in [0.4, 0.5) is 0 Å². The number of rotatable bonds is 6. The van der Waals surface area contributed by atoms with E-state index in [0.717, 1.165) is 24.2 Å². The van der Waals surface area contributed by atoms with E-state index >= 15 is 0 Å². The van der Waals surface area contributed by atoms with Crippen molar-refractivity contribution in [3.05, 3.63) is 0 Å². The molecule has 0 spiro atoms. The van der Waals surface area contributed by atoms with Gasteiger partial charge in [-0.3, -0.25) is 0 Å². The second-order valence-corrected chi connectivity index (χ2v) is 6.18. The Morgan fingerprint density at radius 3 is 2.12 bits per heavy atom. The lowest BCUT2D eigenvalue weighted by molar-refractivity contribution is 0.483. The van der Waals surface area contributed by atoms with Crippen molar-refractivity contribution in [2.45, 2.75) is 96.5 Å². The summed E-state index contributed by atoms with van der Waals surface area (Å²) in [7, 11) is 0. The number of hydrogen-bond donors (Lipinski definition) is 0. The SMILES string of the molecule is CCCC(CC)B(C(C)C)C1CCCCC1. The molecule has 1 fully saturated rings. The zero-order chi connectivity index (χ0) is 12.0. The van der Waals surface area contributed by atoms with E-state index < -0.39 is 0 Å². The molecule has 0 aliphatic heterocycles. The van der Waals surface area contributed by atoms with Crippen LogP contribution >= 0.6 is 0 Å². The third-order valence-electron chi connectivity index (χ3n) is 4.69. The summed E-state index contributed by atoms with van der Waals surface area (Å²) in [5.41, 5.74) is 0. The van der Waals surface area contributed by atoms with Crippen molar-refractivity contribution in [2.75, 3.05) is 0 Å². The Labute approximate surface area is 104 Å². The van der Waals surface area contributed by atoms with Crippen molar-refractivity contribution >= 4 is 6.71 Å². The van der Waals surface area contributed by atoms with Gasteiger partial charge < -0.3 is 0 Å². The molecule has 0 amide bonds. The quantitative estimate of drug-likeness (QED) is 0.498. The minimum atomic E-state index is 0.889. The Bertz CT molecular complexity index is 166. The Morgan fingerprint density at radius 1 is 1.06 bits per heavy atom. The van der Waals surface area contributed by atoms with Crippen molar-refractivity contribution < 1.29 is 0 Å². The average molecular weight is 222 g/mol. The van der Waals surface area contributed by atoms with Gasteiger partial charge in [-0.1, -0.05) is 96.5 Å². The lowest BCUT2D eigenvalue weighted by Gasteiger charge is -2.35. The van der Waals surface area contributed by atoms with Gasteiger partial charge in [0, 0.05) is 0 Å². The van der Waals surface area contributed by atoms with Crippen LogP contribution in [0.15, 0.2) is 0 Å². The van der Waals surface area contributed by atoms with Gasteiger partial charge in [0.25, 0.3) is 0 Å². The first-order chi connectivity index (χ1) is 7.70. The molecular formula is C15H31B. The second-order valence-electron chi connectivity index (χ2n) is 6.18. The molecular weight excluding hydrogens is 191 g/mol. The molecule has 0 bridgehead atoms. The number of hydrogen-bond acceptors (Lipinski definition) is 0. The van der Waals surface area contributed by atoms with Gasteiger partial charge in [0.15, 0.2) is 0 Å². The molecule has 16 heavy (non-hydrogen) atoms. The Hall–Kier alpha value is 0.0649. The summed E-state index contributed by atoms with van der Waals surface area (Å²) in [4.78, 5) is 0. The summed E-state index contributed by atoms with van der Waals surface area (Å²) >= 11 is 0. The Balaban J connectivity index is 2.63. The first kappa shape index (κ1) is 14.1. The van der Waals surface area contributed by atoms with Gasteiger partial charge in [0.1, 0.15) is 6.71 Å². The maximum absolute atomic E-state index is 2.46. The van der Waals surface area contributed by atoms with Crippen LogP contribution in [0.25, 0.3) is 0 Å². The van der Waals surface area contributed by atoms with Crippen molar-refractivity contribution in [2.24, 2.45) is 0 Å². The summed E-state index contributed by atoms with van der Waals surface area (Å²) in [5.74, 6) is 2.93. The maximum atomic E-state index is 2.46. The third-order valence-corrected chi connectivity index (χ3v) is 4.69. The van der Waals surface area contributed by atoms with E-state index in [1.807, 2.05) is 0 Å². The molecule has 0 N–H and O–H groups in total. The van der Waals surface area contributed by atoms with Crippen LogP contribution in [0.3, 0.4) is 0 Å². The van der Waals surface area contributed by atoms with Gasteiger partial charge in [0.2, 0.25) is 0 Å². The molecule has 94 valence electrons. The monoisotopic (exact) mass is 222 g/mol. The van der Waals surface area contributed by atoms with E-state index in [1.54, 1.807) is 0 Å². The third kappa shape index (κ3) is 3.82. The van der Waals surface area contributed by atoms with Gasteiger partial charge in [-0.15, -0.1) is 0 Å². The maximum Gasteiger partial charge on any atom is 0.149 e. The van der Waals surface area contributed by atoms with E-state index in [1.165, 1.54) is 51.4 Å². The molecule has 0 nitrogen and oxygen atoms in total. The molecule has 1 atom stereocenters. The highest BCUT2D eigenvalue weighted by molar-refractivity contribution is 6.63.